The summed E-state index contributed by atoms with van der Waals surface area (Å²) in [7, 11) is 0. The number of rotatable bonds is 1. The van der Waals surface area contributed by atoms with E-state index in [0.29, 0.717) is 0 Å². The summed E-state index contributed by atoms with van der Waals surface area (Å²) in [6.07, 6.45) is 1.86. The Morgan fingerprint density at radius 3 is 3.14 bits per heavy atom. The van der Waals surface area contributed by atoms with Gasteiger partial charge in [-0.15, -0.1) is 11.8 Å². The van der Waals surface area contributed by atoms with E-state index in [2.05, 4.69) is 10.4 Å². The lowest BCUT2D eigenvalue weighted by molar-refractivity contribution is 0.719. The van der Waals surface area contributed by atoms with Crippen LogP contribution in [-0.2, 0) is 0 Å². The molecule has 0 saturated carbocycles. The molecule has 1 rings (SSSR count). The number of nitrogens with zero attached hydrogens (tertiary/aromatic N) is 1. The number of hydrazine groups is 1. The molecule has 0 saturated heterocycles. The molecule has 3 N–H and O–H groups in total. The third-order valence-corrected chi connectivity index (χ3v) is 1.63. The number of thioether (sulfide) groups is 1. The van der Waals surface area contributed by atoms with Gasteiger partial charge in [0.15, 0.2) is 5.50 Å². The SMILES string of the molecule is NNC1N=CCS1. The van der Waals surface area contributed by atoms with Crippen LogP contribution in [0.2, 0.25) is 0 Å². The van der Waals surface area contributed by atoms with Crippen molar-refractivity contribution < 1.29 is 0 Å². The van der Waals surface area contributed by atoms with Gasteiger partial charge in [-0.2, -0.15) is 0 Å². The van der Waals surface area contributed by atoms with Crippen LogP contribution >= 0.6 is 11.8 Å². The van der Waals surface area contributed by atoms with E-state index >= 15 is 0 Å². The van der Waals surface area contributed by atoms with E-state index in [1.807, 2.05) is 6.21 Å². The molecule has 0 amide bonds. The van der Waals surface area contributed by atoms with Crippen molar-refractivity contribution in [2.45, 2.75) is 5.50 Å². The standard InChI is InChI=1S/C3H7N3S/c4-6-3-5-1-2-7-3/h1,3,6H,2,4H2. The van der Waals surface area contributed by atoms with Crippen molar-refractivity contribution in [3.63, 3.8) is 0 Å². The van der Waals surface area contributed by atoms with E-state index in [-0.39, 0.29) is 5.50 Å². The Bertz CT molecular complexity index is 82.2. The number of aliphatic imine (C=N–C) groups is 1. The van der Waals surface area contributed by atoms with Crippen LogP contribution in [0.5, 0.6) is 0 Å². The van der Waals surface area contributed by atoms with E-state index in [9.17, 15) is 0 Å². The minimum atomic E-state index is 0.111. The molecule has 0 aliphatic carbocycles. The molecule has 1 aliphatic rings. The van der Waals surface area contributed by atoms with Gasteiger partial charge >= 0.3 is 0 Å². The fourth-order valence-corrected chi connectivity index (χ4v) is 1.03. The molecule has 1 unspecified atom stereocenters. The van der Waals surface area contributed by atoms with Gasteiger partial charge in [-0.05, 0) is 0 Å². The Hall–Kier alpha value is -0.0600. The first-order valence-electron chi connectivity index (χ1n) is 2.03. The topological polar surface area (TPSA) is 50.4 Å². The molecule has 1 heterocycles. The van der Waals surface area contributed by atoms with Gasteiger partial charge in [-0.25, -0.2) is 5.43 Å². The molecule has 7 heavy (non-hydrogen) atoms. The predicted octanol–water partition coefficient (Wildman–Crippen LogP) is -0.449. The zero-order chi connectivity index (χ0) is 5.11. The molecule has 4 heteroatoms. The van der Waals surface area contributed by atoms with Crippen molar-refractivity contribution in [2.24, 2.45) is 10.8 Å². The lowest BCUT2D eigenvalue weighted by Gasteiger charge is -1.99. The maximum Gasteiger partial charge on any atom is 0.158 e. The van der Waals surface area contributed by atoms with Crippen LogP contribution < -0.4 is 11.3 Å². The fourth-order valence-electron chi connectivity index (χ4n) is 0.407. The normalized spacial score (nSPS) is 29.0. The van der Waals surface area contributed by atoms with E-state index in [0.717, 1.165) is 5.75 Å². The van der Waals surface area contributed by atoms with Crippen LogP contribution in [0.25, 0.3) is 0 Å². The maximum absolute atomic E-state index is 5.05. The highest BCUT2D eigenvalue weighted by Gasteiger charge is 2.05. The summed E-state index contributed by atoms with van der Waals surface area (Å²) in [6, 6.07) is 0. The Balaban J connectivity index is 2.28. The van der Waals surface area contributed by atoms with Crippen molar-refractivity contribution in [1.29, 1.82) is 0 Å². The molecule has 0 aromatic heterocycles. The van der Waals surface area contributed by atoms with Crippen molar-refractivity contribution >= 4 is 18.0 Å². The number of nitrogens with one attached hydrogen (secondary N) is 1. The van der Waals surface area contributed by atoms with Crippen molar-refractivity contribution in [1.82, 2.24) is 5.43 Å². The second-order valence-corrected chi connectivity index (χ2v) is 2.30. The van der Waals surface area contributed by atoms with Crippen LogP contribution in [0.1, 0.15) is 0 Å². The van der Waals surface area contributed by atoms with Crippen LogP contribution in [-0.4, -0.2) is 17.5 Å². The molecule has 0 fully saturated rings. The molecular formula is C3H7N3S. The van der Waals surface area contributed by atoms with Crippen LogP contribution in [0.3, 0.4) is 0 Å². The number of hydrogen-bond acceptors (Lipinski definition) is 4. The molecule has 3 nitrogen and oxygen atoms in total. The summed E-state index contributed by atoms with van der Waals surface area (Å²) in [5, 5.41) is 0. The molecule has 1 aliphatic heterocycles. The third kappa shape index (κ3) is 1.15. The minimum Gasteiger partial charge on any atom is -0.269 e. The number of hydrogen-bond donors (Lipinski definition) is 2. The lowest BCUT2D eigenvalue weighted by atomic mass is 10.9. The smallest absolute Gasteiger partial charge is 0.158 e. The summed E-state index contributed by atoms with van der Waals surface area (Å²) in [5.74, 6) is 6.03. The molecule has 40 valence electrons. The molecule has 0 spiro atoms. The first-order valence-corrected chi connectivity index (χ1v) is 3.08. The monoisotopic (exact) mass is 117 g/mol. The largest absolute Gasteiger partial charge is 0.269 e. The molecule has 0 aromatic rings. The predicted molar refractivity (Wildman–Crippen MR) is 32.1 cm³/mol. The molecule has 0 bridgehead atoms. The summed E-state index contributed by atoms with van der Waals surface area (Å²) in [6.45, 7) is 0. The third-order valence-electron chi connectivity index (χ3n) is 0.712. The van der Waals surface area contributed by atoms with Gasteiger partial charge in [0.1, 0.15) is 0 Å². The highest BCUT2D eigenvalue weighted by Crippen LogP contribution is 2.11. The van der Waals surface area contributed by atoms with E-state index in [1.54, 1.807) is 11.8 Å². The van der Waals surface area contributed by atoms with Gasteiger partial charge in [0, 0.05) is 12.0 Å². The van der Waals surface area contributed by atoms with E-state index in [4.69, 9.17) is 5.84 Å². The average molecular weight is 117 g/mol. The zero-order valence-electron chi connectivity index (χ0n) is 3.79. The van der Waals surface area contributed by atoms with Crippen molar-refractivity contribution in [3.05, 3.63) is 0 Å². The molecule has 0 aromatic carbocycles. The second-order valence-electron chi connectivity index (χ2n) is 1.18. The molecular weight excluding hydrogens is 110 g/mol. The van der Waals surface area contributed by atoms with Crippen LogP contribution in [0.15, 0.2) is 4.99 Å². The zero-order valence-corrected chi connectivity index (χ0v) is 4.61. The van der Waals surface area contributed by atoms with Crippen molar-refractivity contribution in [3.8, 4) is 0 Å². The second kappa shape index (κ2) is 2.30. The van der Waals surface area contributed by atoms with Gasteiger partial charge in [0.05, 0.1) is 0 Å². The molecule has 0 radical (unpaired) electrons. The maximum atomic E-state index is 5.05. The summed E-state index contributed by atoms with van der Waals surface area (Å²) >= 11 is 1.68. The Kier molecular flexibility index (Phi) is 1.67. The number of nitrogens with two attached hydrogens (primary N) is 1. The van der Waals surface area contributed by atoms with E-state index < -0.39 is 0 Å². The van der Waals surface area contributed by atoms with Crippen LogP contribution in [0.4, 0.5) is 0 Å². The van der Waals surface area contributed by atoms with Gasteiger partial charge in [0.2, 0.25) is 0 Å². The highest BCUT2D eigenvalue weighted by molar-refractivity contribution is 8.00. The Morgan fingerprint density at radius 2 is 2.86 bits per heavy atom. The molecule has 1 atom stereocenters. The quantitative estimate of drug-likeness (QED) is 0.361. The van der Waals surface area contributed by atoms with Crippen LogP contribution in [0, 0.1) is 0 Å². The van der Waals surface area contributed by atoms with E-state index in [1.165, 1.54) is 0 Å². The van der Waals surface area contributed by atoms with Gasteiger partial charge in [0.25, 0.3) is 0 Å². The summed E-state index contributed by atoms with van der Waals surface area (Å²) in [4.78, 5) is 3.96. The summed E-state index contributed by atoms with van der Waals surface area (Å²) in [5.41, 5.74) is 2.64. The van der Waals surface area contributed by atoms with Crippen molar-refractivity contribution in [2.75, 3.05) is 5.75 Å². The highest BCUT2D eigenvalue weighted by atomic mass is 32.2. The van der Waals surface area contributed by atoms with Gasteiger partial charge < -0.3 is 0 Å². The lowest BCUT2D eigenvalue weighted by Crippen LogP contribution is -2.29. The first-order chi connectivity index (χ1) is 3.43. The first kappa shape index (κ1) is 5.08. The Morgan fingerprint density at radius 1 is 2.00 bits per heavy atom. The fraction of sp³-hybridized carbons (Fsp3) is 0.667. The van der Waals surface area contributed by atoms with Gasteiger partial charge in [-0.3, -0.25) is 10.8 Å². The summed E-state index contributed by atoms with van der Waals surface area (Å²) < 4.78 is 0. The minimum absolute atomic E-state index is 0.111. The Labute approximate surface area is 46.3 Å². The van der Waals surface area contributed by atoms with Gasteiger partial charge in [-0.1, -0.05) is 0 Å². The average Bonchev–Trinajstić information content (AvgIpc) is 2.14.